The second-order valence-corrected chi connectivity index (χ2v) is 9.21. The molecule has 0 spiro atoms. The first-order chi connectivity index (χ1) is 16.1. The van der Waals surface area contributed by atoms with E-state index < -0.39 is 0 Å². The molecule has 4 aromatic rings. The number of benzene rings is 1. The topological polar surface area (TPSA) is 90.9 Å². The first kappa shape index (κ1) is 21.6. The Hall–Kier alpha value is -3.27. The van der Waals surface area contributed by atoms with Gasteiger partial charge in [-0.25, -0.2) is 4.98 Å². The molecule has 1 aromatic carbocycles. The number of rotatable bonds is 6. The number of hydrogen-bond donors (Lipinski definition) is 2. The fourth-order valence-electron chi connectivity index (χ4n) is 3.79. The Morgan fingerprint density at radius 2 is 1.94 bits per heavy atom. The van der Waals surface area contributed by atoms with Gasteiger partial charge < -0.3 is 24.1 Å². The molecule has 0 bridgehead atoms. The Balaban J connectivity index is 1.38. The number of fused-ring (bicyclic) bond motifs is 1. The van der Waals surface area contributed by atoms with Crippen LogP contribution in [0.15, 0.2) is 47.1 Å². The molecule has 5 rings (SSSR count). The smallest absolute Gasteiger partial charge is 0.291 e. The molecule has 0 saturated carbocycles. The van der Waals surface area contributed by atoms with Crippen LogP contribution in [-0.4, -0.2) is 42.2 Å². The zero-order chi connectivity index (χ0) is 22.8. The lowest BCUT2D eigenvalue weighted by atomic mass is 10.2. The summed E-state index contributed by atoms with van der Waals surface area (Å²) in [5.74, 6) is 1.94. The summed E-state index contributed by atoms with van der Waals surface area (Å²) in [6, 6.07) is 10.5. The third kappa shape index (κ3) is 4.75. The van der Waals surface area contributed by atoms with E-state index in [-0.39, 0.29) is 11.7 Å². The van der Waals surface area contributed by atoms with Crippen LogP contribution < -0.4 is 15.0 Å². The van der Waals surface area contributed by atoms with E-state index in [4.69, 9.17) is 23.9 Å². The van der Waals surface area contributed by atoms with E-state index in [0.29, 0.717) is 17.3 Å². The Bertz CT molecular complexity index is 1260. The zero-order valence-electron chi connectivity index (χ0n) is 18.5. The number of hydrogen-bond acceptors (Lipinski definition) is 7. The maximum Gasteiger partial charge on any atom is 0.291 e. The summed E-state index contributed by atoms with van der Waals surface area (Å²) in [6.07, 6.45) is 1.47. The van der Waals surface area contributed by atoms with Gasteiger partial charge in [0.15, 0.2) is 11.6 Å². The quantitative estimate of drug-likeness (QED) is 0.454. The molecule has 0 unspecified atom stereocenters. The van der Waals surface area contributed by atoms with Gasteiger partial charge in [-0.2, -0.15) is 4.98 Å². The molecule has 4 heterocycles. The van der Waals surface area contributed by atoms with Gasteiger partial charge in [-0.1, -0.05) is 0 Å². The number of quaternary nitrogens is 1. The van der Waals surface area contributed by atoms with Crippen LogP contribution in [0.25, 0.3) is 10.2 Å². The molecule has 1 saturated heterocycles. The van der Waals surface area contributed by atoms with Crippen LogP contribution in [0.2, 0.25) is 0 Å². The molecule has 0 radical (unpaired) electrons. The van der Waals surface area contributed by atoms with Crippen LogP contribution in [0.1, 0.15) is 26.8 Å². The van der Waals surface area contributed by atoms with Crippen LogP contribution in [-0.2, 0) is 11.3 Å². The van der Waals surface area contributed by atoms with E-state index in [1.807, 2.05) is 12.1 Å². The number of morpholine rings is 1. The van der Waals surface area contributed by atoms with Crippen molar-refractivity contribution in [3.8, 4) is 11.6 Å². The number of aromatic nitrogens is 2. The normalized spacial score (nSPS) is 14.5. The number of amides is 1. The summed E-state index contributed by atoms with van der Waals surface area (Å²) in [5, 5.41) is 3.76. The van der Waals surface area contributed by atoms with E-state index in [2.05, 4.69) is 19.2 Å². The average Bonchev–Trinajstić information content (AvgIpc) is 3.45. The van der Waals surface area contributed by atoms with Gasteiger partial charge >= 0.3 is 0 Å². The number of aryl methyl sites for hydroxylation is 2. The zero-order valence-corrected chi connectivity index (χ0v) is 19.3. The molecule has 8 nitrogen and oxygen atoms in total. The highest BCUT2D eigenvalue weighted by Gasteiger charge is 2.21. The van der Waals surface area contributed by atoms with Crippen molar-refractivity contribution in [1.29, 1.82) is 0 Å². The summed E-state index contributed by atoms with van der Waals surface area (Å²) in [4.78, 5) is 25.4. The summed E-state index contributed by atoms with van der Waals surface area (Å²) in [5.41, 5.74) is 1.79. The molecule has 0 aliphatic carbocycles. The fourth-order valence-corrected chi connectivity index (χ4v) is 4.83. The average molecular weight is 466 g/mol. The van der Waals surface area contributed by atoms with E-state index >= 15 is 0 Å². The highest BCUT2D eigenvalue weighted by atomic mass is 32.1. The van der Waals surface area contributed by atoms with Crippen molar-refractivity contribution in [2.24, 2.45) is 0 Å². The van der Waals surface area contributed by atoms with Crippen LogP contribution in [0.5, 0.6) is 11.6 Å². The Morgan fingerprint density at radius 1 is 1.15 bits per heavy atom. The predicted molar refractivity (Wildman–Crippen MR) is 125 cm³/mol. The molecule has 3 aromatic heterocycles. The molecule has 170 valence electrons. The molecule has 2 N–H and O–H groups in total. The van der Waals surface area contributed by atoms with Crippen molar-refractivity contribution in [1.82, 2.24) is 9.97 Å². The van der Waals surface area contributed by atoms with E-state index in [1.54, 1.807) is 35.6 Å². The number of anilines is 1. The minimum atomic E-state index is -0.300. The van der Waals surface area contributed by atoms with Crippen LogP contribution in [0.4, 0.5) is 5.69 Å². The molecule has 9 heteroatoms. The number of nitrogens with zero attached hydrogens (tertiary/aromatic N) is 2. The minimum absolute atomic E-state index is 0.261. The minimum Gasteiger partial charge on any atom is -0.459 e. The maximum atomic E-state index is 12.2. The van der Waals surface area contributed by atoms with Crippen molar-refractivity contribution in [3.63, 3.8) is 0 Å². The summed E-state index contributed by atoms with van der Waals surface area (Å²) in [6.45, 7) is 8.33. The summed E-state index contributed by atoms with van der Waals surface area (Å²) in [7, 11) is 0. The summed E-state index contributed by atoms with van der Waals surface area (Å²) < 4.78 is 16.8. The van der Waals surface area contributed by atoms with Gasteiger partial charge in [0.2, 0.25) is 5.88 Å². The van der Waals surface area contributed by atoms with Crippen molar-refractivity contribution in [2.75, 3.05) is 31.6 Å². The number of carbonyl (C=O) groups excluding carboxylic acids is 1. The predicted octanol–water partition coefficient (Wildman–Crippen LogP) is 3.36. The number of thiophene rings is 1. The van der Waals surface area contributed by atoms with Crippen molar-refractivity contribution >= 4 is 33.1 Å². The molecule has 1 amide bonds. The third-order valence-corrected chi connectivity index (χ3v) is 6.82. The molecular weight excluding hydrogens is 440 g/mol. The van der Waals surface area contributed by atoms with Crippen molar-refractivity contribution < 1.29 is 23.6 Å². The van der Waals surface area contributed by atoms with Crippen LogP contribution in [0, 0.1) is 13.8 Å². The number of furan rings is 1. The van der Waals surface area contributed by atoms with Gasteiger partial charge in [-0.3, -0.25) is 4.79 Å². The molecule has 0 atom stereocenters. The molecule has 33 heavy (non-hydrogen) atoms. The maximum absolute atomic E-state index is 12.2. The molecule has 1 aliphatic heterocycles. The lowest BCUT2D eigenvalue weighted by Crippen LogP contribution is -3.12. The number of carbonyl (C=O) groups is 1. The standard InChI is InChI=1S/C24H24N4O4S/c1-15-16(2)33-24-21(15)23(26-20(27-24)14-28-9-12-30-13-10-28)32-18-7-5-17(6-8-18)25-22(29)19-4-3-11-31-19/h3-8,11H,9-10,12-14H2,1-2H3,(H,25,29)/p+1. The first-order valence-electron chi connectivity index (χ1n) is 10.9. The third-order valence-electron chi connectivity index (χ3n) is 5.72. The van der Waals surface area contributed by atoms with Gasteiger partial charge in [-0.15, -0.1) is 11.3 Å². The highest BCUT2D eigenvalue weighted by Crippen LogP contribution is 2.36. The van der Waals surface area contributed by atoms with E-state index in [9.17, 15) is 4.79 Å². The molecular formula is C24H25N4O4S+. The Labute approximate surface area is 195 Å². The fraction of sp³-hybridized carbons (Fsp3) is 0.292. The Morgan fingerprint density at radius 3 is 2.67 bits per heavy atom. The SMILES string of the molecule is Cc1sc2nc(C[NH+]3CCOCC3)nc(Oc3ccc(NC(=O)c4ccco4)cc3)c2c1C. The molecule has 1 aliphatic rings. The second-order valence-electron chi connectivity index (χ2n) is 8.01. The Kier molecular flexibility index (Phi) is 6.08. The highest BCUT2D eigenvalue weighted by molar-refractivity contribution is 7.18. The second kappa shape index (κ2) is 9.30. The molecule has 1 fully saturated rings. The number of nitrogens with one attached hydrogen (secondary N) is 2. The van der Waals surface area contributed by atoms with Gasteiger partial charge in [0.25, 0.3) is 5.91 Å². The van der Waals surface area contributed by atoms with Gasteiger partial charge in [0.1, 0.15) is 30.2 Å². The van der Waals surface area contributed by atoms with E-state index in [1.165, 1.54) is 16.0 Å². The van der Waals surface area contributed by atoms with Crippen LogP contribution >= 0.6 is 11.3 Å². The van der Waals surface area contributed by atoms with E-state index in [0.717, 1.165) is 54.5 Å². The van der Waals surface area contributed by atoms with Crippen molar-refractivity contribution in [2.45, 2.75) is 20.4 Å². The van der Waals surface area contributed by atoms with Gasteiger partial charge in [0.05, 0.1) is 24.9 Å². The monoisotopic (exact) mass is 465 g/mol. The first-order valence-corrected chi connectivity index (χ1v) is 11.7. The van der Waals surface area contributed by atoms with Gasteiger partial charge in [0, 0.05) is 10.6 Å². The largest absolute Gasteiger partial charge is 0.459 e. The van der Waals surface area contributed by atoms with Crippen LogP contribution in [0.3, 0.4) is 0 Å². The summed E-state index contributed by atoms with van der Waals surface area (Å²) >= 11 is 1.67. The lowest BCUT2D eigenvalue weighted by molar-refractivity contribution is -0.922. The van der Waals surface area contributed by atoms with Crippen molar-refractivity contribution in [3.05, 3.63) is 64.7 Å². The lowest BCUT2D eigenvalue weighted by Gasteiger charge is -2.23. The van der Waals surface area contributed by atoms with Gasteiger partial charge in [-0.05, 0) is 55.8 Å². The number of ether oxygens (including phenoxy) is 2.